The summed E-state index contributed by atoms with van der Waals surface area (Å²) in [4.78, 5) is 0. The first-order valence-corrected chi connectivity index (χ1v) is 4.91. The van der Waals surface area contributed by atoms with Gasteiger partial charge in [0.2, 0.25) is 0 Å². The summed E-state index contributed by atoms with van der Waals surface area (Å²) in [5, 5.41) is 6.74. The van der Waals surface area contributed by atoms with Crippen LogP contribution in [0.2, 0.25) is 0 Å². The van der Waals surface area contributed by atoms with Crippen LogP contribution in [0.15, 0.2) is 0 Å². The van der Waals surface area contributed by atoms with Gasteiger partial charge >= 0.3 is 0 Å². The second-order valence-corrected chi connectivity index (χ2v) is 3.30. The summed E-state index contributed by atoms with van der Waals surface area (Å²) in [5.41, 5.74) is 0. The third kappa shape index (κ3) is 5.22. The van der Waals surface area contributed by atoms with Crippen molar-refractivity contribution in [2.45, 2.75) is 38.5 Å². The van der Waals surface area contributed by atoms with E-state index in [1.807, 2.05) is 0 Å². The Balaban J connectivity index is 2.02. The number of rotatable bonds is 0. The van der Waals surface area contributed by atoms with Gasteiger partial charge in [0.25, 0.3) is 0 Å². The predicted octanol–water partition coefficient (Wildman–Crippen LogP) is 1.48. The van der Waals surface area contributed by atoms with Crippen molar-refractivity contribution < 1.29 is 0 Å². The van der Waals surface area contributed by atoms with E-state index in [0.717, 1.165) is 6.67 Å². The van der Waals surface area contributed by atoms with Crippen LogP contribution >= 0.6 is 0 Å². The van der Waals surface area contributed by atoms with E-state index in [1.54, 1.807) is 0 Å². The molecule has 0 aliphatic carbocycles. The monoisotopic (exact) mass is 156 g/mol. The largest absolute Gasteiger partial charge is 0.304 e. The fraction of sp³-hybridized carbons (Fsp3) is 1.00. The molecule has 1 heterocycles. The molecule has 2 N–H and O–H groups in total. The molecule has 0 aromatic carbocycles. The second kappa shape index (κ2) is 6.62. The molecule has 2 heteroatoms. The van der Waals surface area contributed by atoms with E-state index < -0.39 is 0 Å². The fourth-order valence-electron chi connectivity index (χ4n) is 1.47. The van der Waals surface area contributed by atoms with Crippen molar-refractivity contribution in [1.82, 2.24) is 10.6 Å². The number of hydrogen-bond donors (Lipinski definition) is 2. The molecule has 0 atom stereocenters. The van der Waals surface area contributed by atoms with Gasteiger partial charge in [-0.2, -0.15) is 0 Å². The van der Waals surface area contributed by atoms with E-state index in [4.69, 9.17) is 0 Å². The first kappa shape index (κ1) is 9.01. The summed E-state index contributed by atoms with van der Waals surface area (Å²) in [6.45, 7) is 3.38. The van der Waals surface area contributed by atoms with Crippen molar-refractivity contribution >= 4 is 0 Å². The zero-order chi connectivity index (χ0) is 7.78. The fourth-order valence-corrected chi connectivity index (χ4v) is 1.47. The van der Waals surface area contributed by atoms with Crippen LogP contribution in [0.5, 0.6) is 0 Å². The lowest BCUT2D eigenvalue weighted by atomic mass is 10.1. The van der Waals surface area contributed by atoms with Gasteiger partial charge < -0.3 is 10.6 Å². The minimum absolute atomic E-state index is 1.00. The lowest BCUT2D eigenvalue weighted by Gasteiger charge is -2.03. The Hall–Kier alpha value is -0.0800. The maximum absolute atomic E-state index is 3.37. The van der Waals surface area contributed by atoms with E-state index >= 15 is 0 Å². The molecule has 2 nitrogen and oxygen atoms in total. The first-order chi connectivity index (χ1) is 5.50. The SMILES string of the molecule is C1CCCCNCNCCC1. The maximum Gasteiger partial charge on any atom is 0.0454 e. The van der Waals surface area contributed by atoms with E-state index in [1.165, 1.54) is 51.6 Å². The molecular formula is C9H20N2. The van der Waals surface area contributed by atoms with Crippen molar-refractivity contribution in [2.24, 2.45) is 0 Å². The van der Waals surface area contributed by atoms with Crippen LogP contribution in [0.1, 0.15) is 38.5 Å². The van der Waals surface area contributed by atoms with Crippen LogP contribution in [0.4, 0.5) is 0 Å². The van der Waals surface area contributed by atoms with Gasteiger partial charge in [-0.3, -0.25) is 0 Å². The van der Waals surface area contributed by atoms with Crippen molar-refractivity contribution in [1.29, 1.82) is 0 Å². The zero-order valence-electron chi connectivity index (χ0n) is 7.36. The second-order valence-electron chi connectivity index (χ2n) is 3.30. The van der Waals surface area contributed by atoms with Gasteiger partial charge in [-0.1, -0.05) is 25.7 Å². The molecule has 0 amide bonds. The Bertz CT molecular complexity index is 45.6. The number of nitrogens with one attached hydrogen (secondary N) is 2. The highest BCUT2D eigenvalue weighted by molar-refractivity contribution is 4.53. The molecule has 0 aromatic heterocycles. The van der Waals surface area contributed by atoms with Gasteiger partial charge in [0, 0.05) is 6.67 Å². The molecule has 11 heavy (non-hydrogen) atoms. The highest BCUT2D eigenvalue weighted by atomic mass is 15.0. The topological polar surface area (TPSA) is 24.1 Å². The molecule has 1 aliphatic heterocycles. The van der Waals surface area contributed by atoms with Gasteiger partial charge in [-0.25, -0.2) is 0 Å². The van der Waals surface area contributed by atoms with E-state index in [9.17, 15) is 0 Å². The molecule has 0 aromatic rings. The average Bonchev–Trinajstić information content (AvgIpc) is 2.08. The van der Waals surface area contributed by atoms with Crippen LogP contribution in [-0.4, -0.2) is 19.8 Å². The van der Waals surface area contributed by atoms with Crippen molar-refractivity contribution in [3.05, 3.63) is 0 Å². The minimum atomic E-state index is 1.00. The molecule has 0 saturated carbocycles. The third-order valence-corrected chi connectivity index (χ3v) is 2.21. The van der Waals surface area contributed by atoms with Gasteiger partial charge in [0.1, 0.15) is 0 Å². The van der Waals surface area contributed by atoms with Crippen LogP contribution in [0, 0.1) is 0 Å². The van der Waals surface area contributed by atoms with Crippen LogP contribution in [0.3, 0.4) is 0 Å². The minimum Gasteiger partial charge on any atom is -0.304 e. The maximum atomic E-state index is 3.37. The molecule has 0 bridgehead atoms. The Labute approximate surface area is 69.8 Å². The van der Waals surface area contributed by atoms with Crippen molar-refractivity contribution in [3.8, 4) is 0 Å². The molecule has 0 radical (unpaired) electrons. The molecule has 0 spiro atoms. The Morgan fingerprint density at radius 3 is 1.55 bits per heavy atom. The Morgan fingerprint density at radius 2 is 1.00 bits per heavy atom. The first-order valence-electron chi connectivity index (χ1n) is 4.91. The third-order valence-electron chi connectivity index (χ3n) is 2.21. The van der Waals surface area contributed by atoms with E-state index in [2.05, 4.69) is 10.6 Å². The lowest BCUT2D eigenvalue weighted by molar-refractivity contribution is 0.563. The Morgan fingerprint density at radius 1 is 0.545 bits per heavy atom. The van der Waals surface area contributed by atoms with Crippen LogP contribution in [0.25, 0.3) is 0 Å². The summed E-state index contributed by atoms with van der Waals surface area (Å²) in [5.74, 6) is 0. The van der Waals surface area contributed by atoms with Gasteiger partial charge in [0.15, 0.2) is 0 Å². The highest BCUT2D eigenvalue weighted by Gasteiger charge is 1.94. The summed E-state index contributed by atoms with van der Waals surface area (Å²) in [7, 11) is 0. The summed E-state index contributed by atoms with van der Waals surface area (Å²) in [6.07, 6.45) is 8.38. The van der Waals surface area contributed by atoms with Crippen molar-refractivity contribution in [3.63, 3.8) is 0 Å². The van der Waals surface area contributed by atoms with Crippen molar-refractivity contribution in [2.75, 3.05) is 19.8 Å². The molecule has 66 valence electrons. The predicted molar refractivity (Wildman–Crippen MR) is 48.6 cm³/mol. The van der Waals surface area contributed by atoms with Gasteiger partial charge in [-0.15, -0.1) is 0 Å². The zero-order valence-corrected chi connectivity index (χ0v) is 7.36. The summed E-state index contributed by atoms with van der Waals surface area (Å²) >= 11 is 0. The molecular weight excluding hydrogens is 136 g/mol. The highest BCUT2D eigenvalue weighted by Crippen LogP contribution is 2.04. The lowest BCUT2D eigenvalue weighted by Crippen LogP contribution is -2.30. The standard InChI is InChI=1S/C9H20N2/c1-2-4-6-8-11-9-10-7-5-3-1/h10-11H,1-9H2. The van der Waals surface area contributed by atoms with Crippen LogP contribution in [-0.2, 0) is 0 Å². The van der Waals surface area contributed by atoms with E-state index in [-0.39, 0.29) is 0 Å². The Kier molecular flexibility index (Phi) is 5.42. The summed E-state index contributed by atoms with van der Waals surface area (Å²) < 4.78 is 0. The quantitative estimate of drug-likeness (QED) is 0.555. The molecule has 0 unspecified atom stereocenters. The van der Waals surface area contributed by atoms with Gasteiger partial charge in [-0.05, 0) is 25.9 Å². The number of hydrogen-bond acceptors (Lipinski definition) is 2. The van der Waals surface area contributed by atoms with Gasteiger partial charge in [0.05, 0.1) is 0 Å². The molecule has 1 fully saturated rings. The van der Waals surface area contributed by atoms with E-state index in [0.29, 0.717) is 0 Å². The average molecular weight is 156 g/mol. The normalized spacial score (nSPS) is 24.0. The molecule has 1 rings (SSSR count). The molecule has 1 saturated heterocycles. The van der Waals surface area contributed by atoms with Crippen LogP contribution < -0.4 is 10.6 Å². The smallest absolute Gasteiger partial charge is 0.0454 e. The molecule has 1 aliphatic rings. The summed E-state index contributed by atoms with van der Waals surface area (Å²) in [6, 6.07) is 0.